The van der Waals surface area contributed by atoms with E-state index in [1.54, 1.807) is 4.90 Å². The molecule has 1 heterocycles. The van der Waals surface area contributed by atoms with Crippen LogP contribution >= 0.6 is 15.9 Å². The number of likely N-dealkylation sites (tertiary alicyclic amines) is 1. The van der Waals surface area contributed by atoms with Gasteiger partial charge in [0.15, 0.2) is 0 Å². The summed E-state index contributed by atoms with van der Waals surface area (Å²) in [6.07, 6.45) is 1.53. The van der Waals surface area contributed by atoms with Gasteiger partial charge in [-0.1, -0.05) is 28.1 Å². The average molecular weight is 369 g/mol. The van der Waals surface area contributed by atoms with Crippen molar-refractivity contribution in [2.75, 3.05) is 13.1 Å². The van der Waals surface area contributed by atoms with Crippen LogP contribution in [0.2, 0.25) is 0 Å². The first kappa shape index (κ1) is 17.3. The van der Waals surface area contributed by atoms with Gasteiger partial charge in [0.25, 0.3) is 0 Å². The topological polar surface area (TPSA) is 55.6 Å². The minimum atomic E-state index is -0.451. The number of hydrogen-bond acceptors (Lipinski definition) is 3. The van der Waals surface area contributed by atoms with Gasteiger partial charge in [0.2, 0.25) is 0 Å². The Labute approximate surface area is 141 Å². The predicted octanol–water partition coefficient (Wildman–Crippen LogP) is 3.58. The van der Waals surface area contributed by atoms with Crippen molar-refractivity contribution in [2.45, 2.75) is 45.3 Å². The Morgan fingerprint density at radius 2 is 2.23 bits per heavy atom. The molecule has 1 saturated heterocycles. The van der Waals surface area contributed by atoms with E-state index in [0.717, 1.165) is 23.9 Å². The summed E-state index contributed by atoms with van der Waals surface area (Å²) in [4.78, 5) is 13.9. The first-order valence-corrected chi connectivity index (χ1v) is 8.52. The molecule has 0 bridgehead atoms. The van der Waals surface area contributed by atoms with Gasteiger partial charge in [-0.15, -0.1) is 0 Å². The summed E-state index contributed by atoms with van der Waals surface area (Å²) >= 11 is 3.48. The second-order valence-electron chi connectivity index (χ2n) is 6.97. The molecular weight excluding hydrogens is 344 g/mol. The Morgan fingerprint density at radius 3 is 2.86 bits per heavy atom. The molecule has 0 aliphatic carbocycles. The van der Waals surface area contributed by atoms with Gasteiger partial charge in [-0.05, 0) is 57.2 Å². The minimum Gasteiger partial charge on any atom is -0.444 e. The summed E-state index contributed by atoms with van der Waals surface area (Å²) < 4.78 is 6.49. The number of nitrogens with two attached hydrogens (primary N) is 1. The molecule has 4 nitrogen and oxygen atoms in total. The van der Waals surface area contributed by atoms with Crippen molar-refractivity contribution < 1.29 is 9.53 Å². The smallest absolute Gasteiger partial charge is 0.410 e. The van der Waals surface area contributed by atoms with Gasteiger partial charge in [0.1, 0.15) is 5.60 Å². The monoisotopic (exact) mass is 368 g/mol. The number of halogens is 1. The van der Waals surface area contributed by atoms with Crippen LogP contribution in [0.4, 0.5) is 4.79 Å². The zero-order chi connectivity index (χ0) is 16.3. The molecule has 0 radical (unpaired) electrons. The first-order valence-electron chi connectivity index (χ1n) is 7.72. The fourth-order valence-corrected chi connectivity index (χ4v) is 3.18. The van der Waals surface area contributed by atoms with Crippen LogP contribution < -0.4 is 5.73 Å². The Bertz CT molecular complexity index is 528. The maximum absolute atomic E-state index is 12.1. The minimum absolute atomic E-state index is 0.0572. The van der Waals surface area contributed by atoms with E-state index in [1.807, 2.05) is 32.9 Å². The lowest BCUT2D eigenvalue weighted by molar-refractivity contribution is 0.0286. The molecule has 0 spiro atoms. The molecule has 22 heavy (non-hydrogen) atoms. The van der Waals surface area contributed by atoms with Gasteiger partial charge in [0, 0.05) is 23.6 Å². The first-order chi connectivity index (χ1) is 10.2. The Balaban J connectivity index is 1.88. The van der Waals surface area contributed by atoms with E-state index in [9.17, 15) is 4.79 Å². The van der Waals surface area contributed by atoms with E-state index in [-0.39, 0.29) is 12.1 Å². The molecule has 1 aliphatic heterocycles. The third-order valence-electron chi connectivity index (χ3n) is 3.84. The largest absolute Gasteiger partial charge is 0.444 e. The Morgan fingerprint density at radius 1 is 1.50 bits per heavy atom. The lowest BCUT2D eigenvalue weighted by Crippen LogP contribution is -2.38. The van der Waals surface area contributed by atoms with Crippen LogP contribution in [0.25, 0.3) is 0 Å². The summed E-state index contributed by atoms with van der Waals surface area (Å²) in [5.41, 5.74) is 7.13. The zero-order valence-corrected chi connectivity index (χ0v) is 15.1. The van der Waals surface area contributed by atoms with E-state index in [4.69, 9.17) is 10.5 Å². The van der Waals surface area contributed by atoms with Gasteiger partial charge in [-0.2, -0.15) is 0 Å². The fraction of sp³-hybridized carbons (Fsp3) is 0.588. The number of carbonyl (C=O) groups is 1. The second kappa shape index (κ2) is 7.01. The highest BCUT2D eigenvalue weighted by atomic mass is 79.9. The van der Waals surface area contributed by atoms with Crippen LogP contribution in [0, 0.1) is 5.92 Å². The van der Waals surface area contributed by atoms with Gasteiger partial charge in [-0.3, -0.25) is 0 Å². The van der Waals surface area contributed by atoms with Crippen LogP contribution in [-0.4, -0.2) is 35.7 Å². The summed E-state index contributed by atoms with van der Waals surface area (Å²) in [5, 5.41) is 0. The van der Waals surface area contributed by atoms with Gasteiger partial charge >= 0.3 is 6.09 Å². The van der Waals surface area contributed by atoms with Gasteiger partial charge in [0.05, 0.1) is 0 Å². The molecule has 1 aromatic carbocycles. The third kappa shape index (κ3) is 4.99. The van der Waals surface area contributed by atoms with Crippen LogP contribution in [0.5, 0.6) is 0 Å². The number of ether oxygens (including phenoxy) is 1. The molecule has 2 N–H and O–H groups in total. The molecule has 1 fully saturated rings. The standard InChI is InChI=1S/C17H25BrN2O2/c1-17(2,3)22-16(21)20-8-7-13(11-20)15(19)10-12-5-4-6-14(18)9-12/h4-6,9,13,15H,7-8,10-11,19H2,1-3H3. The number of carbonyl (C=O) groups excluding carboxylic acids is 1. The predicted molar refractivity (Wildman–Crippen MR) is 91.7 cm³/mol. The molecular formula is C17H25BrN2O2. The Hall–Kier alpha value is -1.07. The van der Waals surface area contributed by atoms with Crippen molar-refractivity contribution in [1.29, 1.82) is 0 Å². The van der Waals surface area contributed by atoms with Crippen LogP contribution in [0.1, 0.15) is 32.8 Å². The number of benzene rings is 1. The zero-order valence-electron chi connectivity index (χ0n) is 13.5. The summed E-state index contributed by atoms with van der Waals surface area (Å²) in [6.45, 7) is 7.07. The molecule has 2 atom stereocenters. The second-order valence-corrected chi connectivity index (χ2v) is 7.89. The van der Waals surface area contributed by atoms with Crippen molar-refractivity contribution in [1.82, 2.24) is 4.90 Å². The lowest BCUT2D eigenvalue weighted by Gasteiger charge is -2.25. The molecule has 2 unspecified atom stereocenters. The molecule has 0 saturated carbocycles. The highest BCUT2D eigenvalue weighted by Crippen LogP contribution is 2.23. The molecule has 1 amide bonds. The van der Waals surface area contributed by atoms with Gasteiger partial charge < -0.3 is 15.4 Å². The number of hydrogen-bond donors (Lipinski definition) is 1. The van der Waals surface area contributed by atoms with E-state index < -0.39 is 5.60 Å². The average Bonchev–Trinajstić information content (AvgIpc) is 2.86. The van der Waals surface area contributed by atoms with Crippen molar-refractivity contribution in [2.24, 2.45) is 11.7 Å². The number of rotatable bonds is 3. The van der Waals surface area contributed by atoms with Crippen molar-refractivity contribution in [3.8, 4) is 0 Å². The number of nitrogens with zero attached hydrogens (tertiary/aromatic N) is 1. The summed E-state index contributed by atoms with van der Waals surface area (Å²) in [5.74, 6) is 0.325. The van der Waals surface area contributed by atoms with Gasteiger partial charge in [-0.25, -0.2) is 4.79 Å². The van der Waals surface area contributed by atoms with Crippen LogP contribution in [0.3, 0.4) is 0 Å². The maximum atomic E-state index is 12.1. The molecule has 2 rings (SSSR count). The highest BCUT2D eigenvalue weighted by molar-refractivity contribution is 9.10. The normalized spacial score (nSPS) is 20.0. The molecule has 1 aliphatic rings. The van der Waals surface area contributed by atoms with E-state index in [1.165, 1.54) is 5.56 Å². The van der Waals surface area contributed by atoms with E-state index in [0.29, 0.717) is 12.5 Å². The van der Waals surface area contributed by atoms with E-state index >= 15 is 0 Å². The Kier molecular flexibility index (Phi) is 5.50. The fourth-order valence-electron chi connectivity index (χ4n) is 2.73. The number of amides is 1. The molecule has 122 valence electrons. The maximum Gasteiger partial charge on any atom is 0.410 e. The lowest BCUT2D eigenvalue weighted by atomic mass is 9.94. The van der Waals surface area contributed by atoms with Crippen LogP contribution in [-0.2, 0) is 11.2 Å². The summed E-state index contributed by atoms with van der Waals surface area (Å²) in [6, 6.07) is 8.27. The quantitative estimate of drug-likeness (QED) is 0.886. The van der Waals surface area contributed by atoms with Crippen LogP contribution in [0.15, 0.2) is 28.7 Å². The molecule has 5 heteroatoms. The molecule has 1 aromatic rings. The summed E-state index contributed by atoms with van der Waals surface area (Å²) in [7, 11) is 0. The van der Waals surface area contributed by atoms with Crippen molar-refractivity contribution >= 4 is 22.0 Å². The van der Waals surface area contributed by atoms with E-state index in [2.05, 4.69) is 28.1 Å². The molecule has 0 aromatic heterocycles. The third-order valence-corrected chi connectivity index (χ3v) is 4.34. The highest BCUT2D eigenvalue weighted by Gasteiger charge is 2.32. The SMILES string of the molecule is CC(C)(C)OC(=O)N1CCC(C(N)Cc2cccc(Br)c2)C1. The van der Waals surface area contributed by atoms with Crippen molar-refractivity contribution in [3.05, 3.63) is 34.3 Å². The van der Waals surface area contributed by atoms with Crippen molar-refractivity contribution in [3.63, 3.8) is 0 Å².